The number of anilines is 1. The van der Waals surface area contributed by atoms with Crippen molar-refractivity contribution in [2.75, 3.05) is 19.3 Å². The molecule has 72 valence electrons. The average molecular weight is 184 g/mol. The largest absolute Gasteiger partial charge is 0.405 e. The van der Waals surface area contributed by atoms with E-state index < -0.39 is 0 Å². The maximum Gasteiger partial charge on any atom is 0.326 e. The van der Waals surface area contributed by atoms with Crippen LogP contribution in [0.2, 0.25) is 0 Å². The number of nitrogens with one attached hydrogen (secondary N) is 1. The van der Waals surface area contributed by atoms with Crippen LogP contribution >= 0.6 is 0 Å². The molecule has 0 saturated heterocycles. The number of carbonyl (C=O) groups excluding carboxylic acids is 1. The zero-order valence-electron chi connectivity index (χ0n) is 7.57. The van der Waals surface area contributed by atoms with E-state index in [9.17, 15) is 4.79 Å². The van der Waals surface area contributed by atoms with E-state index in [0.29, 0.717) is 5.95 Å². The lowest BCUT2D eigenvalue weighted by molar-refractivity contribution is -0.133. The standard InChI is InChI=1S/C7H12N4O2/c1-9-3-6(12)13-5-4-11(2)7(8)10-5/h4,9H,3H2,1-2H3,(H2,8,10). The molecule has 13 heavy (non-hydrogen) atoms. The molecule has 6 nitrogen and oxygen atoms in total. The van der Waals surface area contributed by atoms with Gasteiger partial charge in [0.2, 0.25) is 11.8 Å². The Bertz CT molecular complexity index is 288. The van der Waals surface area contributed by atoms with Gasteiger partial charge in [0, 0.05) is 7.05 Å². The van der Waals surface area contributed by atoms with Gasteiger partial charge in [-0.3, -0.25) is 4.79 Å². The van der Waals surface area contributed by atoms with Crippen LogP contribution < -0.4 is 15.8 Å². The first-order valence-electron chi connectivity index (χ1n) is 3.77. The molecule has 0 saturated carbocycles. The number of likely N-dealkylation sites (N-methyl/N-ethyl adjacent to an activating group) is 1. The molecule has 0 aliphatic heterocycles. The van der Waals surface area contributed by atoms with Gasteiger partial charge in [0.05, 0.1) is 12.7 Å². The third kappa shape index (κ3) is 2.45. The molecule has 0 aliphatic rings. The summed E-state index contributed by atoms with van der Waals surface area (Å²) in [5.74, 6) is 0.146. The van der Waals surface area contributed by atoms with Crippen molar-refractivity contribution in [1.82, 2.24) is 14.9 Å². The van der Waals surface area contributed by atoms with Crippen LogP contribution in [0.4, 0.5) is 5.95 Å². The molecule has 0 amide bonds. The number of nitrogens with two attached hydrogens (primary N) is 1. The first-order valence-corrected chi connectivity index (χ1v) is 3.77. The van der Waals surface area contributed by atoms with Gasteiger partial charge in [0.15, 0.2) is 0 Å². The van der Waals surface area contributed by atoms with Crippen molar-refractivity contribution in [3.05, 3.63) is 6.20 Å². The summed E-state index contributed by atoms with van der Waals surface area (Å²) >= 11 is 0. The third-order valence-corrected chi connectivity index (χ3v) is 1.43. The molecule has 1 rings (SSSR count). The first-order chi connectivity index (χ1) is 6.13. The molecule has 0 unspecified atom stereocenters. The van der Waals surface area contributed by atoms with Gasteiger partial charge in [-0.15, -0.1) is 0 Å². The minimum absolute atomic E-state index is 0.149. The molecule has 0 fully saturated rings. The number of nitrogen functional groups attached to an aromatic ring is 1. The fraction of sp³-hybridized carbons (Fsp3) is 0.429. The molecule has 0 spiro atoms. The second-order valence-corrected chi connectivity index (χ2v) is 2.55. The highest BCUT2D eigenvalue weighted by atomic mass is 16.5. The Labute approximate surface area is 75.7 Å². The monoisotopic (exact) mass is 184 g/mol. The molecule has 1 aromatic rings. The van der Waals surface area contributed by atoms with E-state index in [2.05, 4.69) is 10.3 Å². The predicted octanol–water partition coefficient (Wildman–Crippen LogP) is -0.873. The van der Waals surface area contributed by atoms with E-state index in [0.717, 1.165) is 0 Å². The van der Waals surface area contributed by atoms with E-state index >= 15 is 0 Å². The van der Waals surface area contributed by atoms with E-state index in [-0.39, 0.29) is 18.4 Å². The lowest BCUT2D eigenvalue weighted by Gasteiger charge is -1.97. The highest BCUT2D eigenvalue weighted by molar-refractivity contribution is 5.73. The van der Waals surface area contributed by atoms with Crippen LogP contribution in [0.1, 0.15) is 0 Å². The van der Waals surface area contributed by atoms with Gasteiger partial charge in [-0.25, -0.2) is 0 Å². The predicted molar refractivity (Wildman–Crippen MR) is 47.2 cm³/mol. The summed E-state index contributed by atoms with van der Waals surface area (Å²) in [6.07, 6.45) is 1.54. The SMILES string of the molecule is CNCC(=O)Oc1cn(C)c(N)n1. The summed E-state index contributed by atoms with van der Waals surface area (Å²) in [4.78, 5) is 14.8. The van der Waals surface area contributed by atoms with Crippen LogP contribution in [-0.2, 0) is 11.8 Å². The van der Waals surface area contributed by atoms with Crippen LogP contribution in [0.3, 0.4) is 0 Å². The van der Waals surface area contributed by atoms with Gasteiger partial charge in [0.25, 0.3) is 0 Å². The van der Waals surface area contributed by atoms with E-state index in [4.69, 9.17) is 10.5 Å². The average Bonchev–Trinajstić information content (AvgIpc) is 2.31. The minimum Gasteiger partial charge on any atom is -0.405 e. The summed E-state index contributed by atoms with van der Waals surface area (Å²) in [5, 5.41) is 2.67. The smallest absolute Gasteiger partial charge is 0.326 e. The summed E-state index contributed by atoms with van der Waals surface area (Å²) in [6.45, 7) is 0.149. The molecular weight excluding hydrogens is 172 g/mol. The number of imidazole rings is 1. The number of ether oxygens (including phenoxy) is 1. The molecular formula is C7H12N4O2. The Morgan fingerprint density at radius 1 is 1.85 bits per heavy atom. The van der Waals surface area contributed by atoms with Crippen molar-refractivity contribution in [3.8, 4) is 5.88 Å². The van der Waals surface area contributed by atoms with Crippen molar-refractivity contribution in [2.45, 2.75) is 0 Å². The number of aryl methyl sites for hydroxylation is 1. The number of hydrogen-bond donors (Lipinski definition) is 2. The van der Waals surface area contributed by atoms with Gasteiger partial charge < -0.3 is 20.4 Å². The van der Waals surface area contributed by atoms with Crippen molar-refractivity contribution in [1.29, 1.82) is 0 Å². The Balaban J connectivity index is 2.59. The lowest BCUT2D eigenvalue weighted by Crippen LogP contribution is -2.23. The first kappa shape index (κ1) is 9.53. The van der Waals surface area contributed by atoms with Gasteiger partial charge >= 0.3 is 5.97 Å². The fourth-order valence-electron chi connectivity index (χ4n) is 0.799. The highest BCUT2D eigenvalue weighted by Gasteiger charge is 2.07. The van der Waals surface area contributed by atoms with E-state index in [1.54, 1.807) is 24.9 Å². The maximum atomic E-state index is 11.0. The molecule has 6 heteroatoms. The topological polar surface area (TPSA) is 82.2 Å². The van der Waals surface area contributed by atoms with Crippen LogP contribution in [0, 0.1) is 0 Å². The third-order valence-electron chi connectivity index (χ3n) is 1.43. The van der Waals surface area contributed by atoms with E-state index in [1.165, 1.54) is 0 Å². The van der Waals surface area contributed by atoms with Crippen LogP contribution in [0.5, 0.6) is 5.88 Å². The van der Waals surface area contributed by atoms with Gasteiger partial charge in [0.1, 0.15) is 0 Å². The van der Waals surface area contributed by atoms with Crippen LogP contribution in [0.15, 0.2) is 6.20 Å². The summed E-state index contributed by atoms with van der Waals surface area (Å²) in [5.41, 5.74) is 5.44. The molecule has 0 atom stereocenters. The second kappa shape index (κ2) is 3.90. The van der Waals surface area contributed by atoms with Crippen molar-refractivity contribution in [2.24, 2.45) is 7.05 Å². The van der Waals surface area contributed by atoms with Gasteiger partial charge in [-0.05, 0) is 7.05 Å². The van der Waals surface area contributed by atoms with E-state index in [1.807, 2.05) is 0 Å². The van der Waals surface area contributed by atoms with Gasteiger partial charge in [-0.1, -0.05) is 0 Å². The van der Waals surface area contributed by atoms with Crippen molar-refractivity contribution >= 4 is 11.9 Å². The Morgan fingerprint density at radius 2 is 2.54 bits per heavy atom. The molecule has 0 aliphatic carbocycles. The zero-order valence-corrected chi connectivity index (χ0v) is 7.57. The summed E-state index contributed by atoms with van der Waals surface area (Å²) in [7, 11) is 3.38. The van der Waals surface area contributed by atoms with Crippen LogP contribution in [-0.4, -0.2) is 29.1 Å². The molecule has 1 aromatic heterocycles. The quantitative estimate of drug-likeness (QED) is 0.596. The lowest BCUT2D eigenvalue weighted by atomic mass is 10.6. The van der Waals surface area contributed by atoms with Crippen molar-refractivity contribution < 1.29 is 9.53 Å². The highest BCUT2D eigenvalue weighted by Crippen LogP contribution is 2.10. The molecule has 3 N–H and O–H groups in total. The second-order valence-electron chi connectivity index (χ2n) is 2.55. The number of aromatic nitrogens is 2. The number of hydrogen-bond acceptors (Lipinski definition) is 5. The molecule has 0 bridgehead atoms. The molecule has 0 radical (unpaired) electrons. The van der Waals surface area contributed by atoms with Crippen LogP contribution in [0.25, 0.3) is 0 Å². The minimum atomic E-state index is -0.388. The number of nitrogens with zero attached hydrogens (tertiary/aromatic N) is 2. The normalized spacial score (nSPS) is 10.0. The molecule has 1 heterocycles. The van der Waals surface area contributed by atoms with Gasteiger partial charge in [-0.2, -0.15) is 4.98 Å². The van der Waals surface area contributed by atoms with Crippen molar-refractivity contribution in [3.63, 3.8) is 0 Å². The Morgan fingerprint density at radius 3 is 3.00 bits per heavy atom. The zero-order chi connectivity index (χ0) is 9.84. The number of rotatable bonds is 3. The Hall–Kier alpha value is -1.56. The number of carbonyl (C=O) groups is 1. The molecule has 0 aromatic carbocycles. The Kier molecular flexibility index (Phi) is 2.86. The summed E-state index contributed by atoms with van der Waals surface area (Å²) < 4.78 is 6.41. The maximum absolute atomic E-state index is 11.0. The number of esters is 1. The summed E-state index contributed by atoms with van der Waals surface area (Å²) in [6, 6.07) is 0. The fourth-order valence-corrected chi connectivity index (χ4v) is 0.799.